The highest BCUT2D eigenvalue weighted by Crippen LogP contribution is 2.23. The van der Waals surface area contributed by atoms with Crippen LogP contribution in [0.5, 0.6) is 0 Å². The van der Waals surface area contributed by atoms with Crippen molar-refractivity contribution in [1.29, 1.82) is 0 Å². The van der Waals surface area contributed by atoms with Crippen molar-refractivity contribution in [2.24, 2.45) is 5.73 Å². The van der Waals surface area contributed by atoms with Crippen molar-refractivity contribution in [3.05, 3.63) is 50.2 Å². The molecule has 0 spiro atoms. The molecule has 0 aliphatic rings. The molecule has 1 heterocycles. The molecule has 4 nitrogen and oxygen atoms in total. The van der Waals surface area contributed by atoms with Gasteiger partial charge in [-0.1, -0.05) is 17.7 Å². The van der Waals surface area contributed by atoms with E-state index in [1.807, 2.05) is 19.9 Å². The molecule has 2 rings (SSSR count). The van der Waals surface area contributed by atoms with Gasteiger partial charge in [-0.2, -0.15) is 0 Å². The molecule has 0 amide bonds. The number of thiophene rings is 1. The molecule has 2 aromatic rings. The van der Waals surface area contributed by atoms with E-state index in [9.17, 15) is 8.42 Å². The summed E-state index contributed by atoms with van der Waals surface area (Å²) in [6.45, 7) is 4.58. The molecule has 0 saturated carbocycles. The molecule has 0 fully saturated rings. The Kier molecular flexibility index (Phi) is 5.06. The van der Waals surface area contributed by atoms with Gasteiger partial charge in [-0.3, -0.25) is 0 Å². The number of hydrogen-bond acceptors (Lipinski definition) is 4. The van der Waals surface area contributed by atoms with Gasteiger partial charge in [0.05, 0.1) is 4.90 Å². The van der Waals surface area contributed by atoms with Gasteiger partial charge >= 0.3 is 0 Å². The lowest BCUT2D eigenvalue weighted by Crippen LogP contribution is -2.22. The number of halogens is 1. The average molecular weight is 345 g/mol. The summed E-state index contributed by atoms with van der Waals surface area (Å²) in [5.74, 6) is 0. The maximum atomic E-state index is 12.3. The second-order valence-corrected chi connectivity index (χ2v) is 8.25. The number of rotatable bonds is 5. The molecule has 0 aliphatic carbocycles. The van der Waals surface area contributed by atoms with E-state index in [-0.39, 0.29) is 18.0 Å². The molecule has 0 radical (unpaired) electrons. The third-order valence-electron chi connectivity index (χ3n) is 3.21. The minimum Gasteiger partial charge on any atom is -0.326 e. The van der Waals surface area contributed by atoms with Crippen LogP contribution in [0.15, 0.2) is 29.2 Å². The molecular weight excluding hydrogens is 328 g/mol. The van der Waals surface area contributed by atoms with Gasteiger partial charge in [-0.05, 0) is 43.2 Å². The molecule has 114 valence electrons. The Morgan fingerprint density at radius 3 is 2.52 bits per heavy atom. The summed E-state index contributed by atoms with van der Waals surface area (Å²) < 4.78 is 27.1. The van der Waals surface area contributed by atoms with E-state index in [4.69, 9.17) is 17.3 Å². The van der Waals surface area contributed by atoms with Crippen LogP contribution in [0.1, 0.15) is 20.9 Å². The molecule has 0 atom stereocenters. The number of benzene rings is 1. The van der Waals surface area contributed by atoms with Gasteiger partial charge in [0.25, 0.3) is 0 Å². The minimum absolute atomic E-state index is 0.148. The summed E-state index contributed by atoms with van der Waals surface area (Å²) in [5, 5.41) is 0.364. The zero-order valence-corrected chi connectivity index (χ0v) is 14.2. The Morgan fingerprint density at radius 2 is 2.00 bits per heavy atom. The Hall–Kier alpha value is -0.920. The quantitative estimate of drug-likeness (QED) is 0.875. The first kappa shape index (κ1) is 16.5. The zero-order valence-electron chi connectivity index (χ0n) is 11.8. The van der Waals surface area contributed by atoms with Crippen LogP contribution in [-0.2, 0) is 23.1 Å². The summed E-state index contributed by atoms with van der Waals surface area (Å²) >= 11 is 7.60. The van der Waals surface area contributed by atoms with E-state index in [1.54, 1.807) is 17.4 Å². The molecule has 0 aliphatic heterocycles. The first-order valence-electron chi connectivity index (χ1n) is 6.37. The van der Waals surface area contributed by atoms with Gasteiger partial charge in [0, 0.05) is 27.9 Å². The number of nitrogens with two attached hydrogens (primary N) is 1. The second-order valence-electron chi connectivity index (χ2n) is 4.73. The predicted octanol–water partition coefficient (Wildman–Crippen LogP) is 2.96. The zero-order chi connectivity index (χ0) is 15.6. The number of hydrogen-bond donors (Lipinski definition) is 2. The van der Waals surface area contributed by atoms with Crippen LogP contribution in [-0.4, -0.2) is 8.42 Å². The normalized spacial score (nSPS) is 11.8. The monoisotopic (exact) mass is 344 g/mol. The molecule has 7 heteroatoms. The fourth-order valence-corrected chi connectivity index (χ4v) is 4.29. The van der Waals surface area contributed by atoms with Crippen LogP contribution < -0.4 is 10.5 Å². The SMILES string of the molecule is Cc1cc(CNS(=O)(=O)c2ccc(CN)c(Cl)c2)sc1C. The van der Waals surface area contributed by atoms with Crippen LogP contribution >= 0.6 is 22.9 Å². The number of nitrogens with one attached hydrogen (secondary N) is 1. The molecule has 0 bridgehead atoms. The van der Waals surface area contributed by atoms with Gasteiger partial charge in [0.15, 0.2) is 0 Å². The third kappa shape index (κ3) is 3.84. The van der Waals surface area contributed by atoms with Crippen molar-refractivity contribution in [2.75, 3.05) is 0 Å². The van der Waals surface area contributed by atoms with Crippen LogP contribution in [0.4, 0.5) is 0 Å². The second kappa shape index (κ2) is 6.46. The maximum Gasteiger partial charge on any atom is 0.240 e. The smallest absolute Gasteiger partial charge is 0.240 e. The van der Waals surface area contributed by atoms with Crippen molar-refractivity contribution >= 4 is 33.0 Å². The predicted molar refractivity (Wildman–Crippen MR) is 87.2 cm³/mol. The Bertz CT molecular complexity index is 735. The largest absolute Gasteiger partial charge is 0.326 e. The Balaban J connectivity index is 2.16. The van der Waals surface area contributed by atoms with Crippen LogP contribution in [0, 0.1) is 13.8 Å². The van der Waals surface area contributed by atoms with Gasteiger partial charge < -0.3 is 5.73 Å². The van der Waals surface area contributed by atoms with Gasteiger partial charge in [-0.25, -0.2) is 13.1 Å². The Labute approximate surface area is 134 Å². The first-order chi connectivity index (χ1) is 9.83. The summed E-state index contributed by atoms with van der Waals surface area (Å²) in [4.78, 5) is 2.33. The molecule has 21 heavy (non-hydrogen) atoms. The minimum atomic E-state index is -3.58. The van der Waals surface area contributed by atoms with Crippen LogP contribution in [0.2, 0.25) is 5.02 Å². The highest BCUT2D eigenvalue weighted by atomic mass is 35.5. The highest BCUT2D eigenvalue weighted by Gasteiger charge is 2.16. The topological polar surface area (TPSA) is 72.2 Å². The lowest BCUT2D eigenvalue weighted by Gasteiger charge is -2.08. The van der Waals surface area contributed by atoms with Crippen molar-refractivity contribution in [1.82, 2.24) is 4.72 Å². The van der Waals surface area contributed by atoms with Crippen LogP contribution in [0.3, 0.4) is 0 Å². The van der Waals surface area contributed by atoms with E-state index in [0.717, 1.165) is 10.4 Å². The van der Waals surface area contributed by atoms with E-state index >= 15 is 0 Å². The van der Waals surface area contributed by atoms with E-state index < -0.39 is 10.0 Å². The van der Waals surface area contributed by atoms with Crippen LogP contribution in [0.25, 0.3) is 0 Å². The van der Waals surface area contributed by atoms with E-state index in [1.165, 1.54) is 22.6 Å². The molecule has 0 saturated heterocycles. The van der Waals surface area contributed by atoms with E-state index in [0.29, 0.717) is 5.02 Å². The van der Waals surface area contributed by atoms with Crippen molar-refractivity contribution in [3.63, 3.8) is 0 Å². The average Bonchev–Trinajstić information content (AvgIpc) is 2.76. The third-order valence-corrected chi connectivity index (χ3v) is 6.11. The molecule has 3 N–H and O–H groups in total. The van der Waals surface area contributed by atoms with Crippen molar-refractivity contribution in [3.8, 4) is 0 Å². The van der Waals surface area contributed by atoms with Crippen molar-refractivity contribution in [2.45, 2.75) is 31.8 Å². The van der Waals surface area contributed by atoms with Gasteiger partial charge in [-0.15, -0.1) is 11.3 Å². The number of sulfonamides is 1. The Morgan fingerprint density at radius 1 is 1.29 bits per heavy atom. The van der Waals surface area contributed by atoms with Gasteiger partial charge in [0.2, 0.25) is 10.0 Å². The molecule has 1 aromatic heterocycles. The summed E-state index contributed by atoms with van der Waals surface area (Å²) in [6, 6.07) is 6.57. The molecule has 0 unspecified atom stereocenters. The first-order valence-corrected chi connectivity index (χ1v) is 9.05. The fourth-order valence-electron chi connectivity index (χ4n) is 1.85. The highest BCUT2D eigenvalue weighted by molar-refractivity contribution is 7.89. The molecule has 1 aromatic carbocycles. The standard InChI is InChI=1S/C14H17ClN2O2S2/c1-9-5-12(20-10(9)2)8-17-21(18,19)13-4-3-11(7-16)14(15)6-13/h3-6,17H,7-8,16H2,1-2H3. The van der Waals surface area contributed by atoms with Crippen molar-refractivity contribution < 1.29 is 8.42 Å². The van der Waals surface area contributed by atoms with Gasteiger partial charge in [0.1, 0.15) is 0 Å². The number of aryl methyl sites for hydroxylation is 2. The lowest BCUT2D eigenvalue weighted by molar-refractivity contribution is 0.582. The lowest BCUT2D eigenvalue weighted by atomic mass is 10.2. The van der Waals surface area contributed by atoms with E-state index in [2.05, 4.69) is 4.72 Å². The summed E-state index contributed by atoms with van der Waals surface area (Å²) in [7, 11) is -3.58. The molecular formula is C14H17ClN2O2S2. The fraction of sp³-hybridized carbons (Fsp3) is 0.286. The maximum absolute atomic E-state index is 12.3. The summed E-state index contributed by atoms with van der Waals surface area (Å²) in [6.07, 6.45) is 0. The summed E-state index contributed by atoms with van der Waals surface area (Å²) in [5.41, 5.74) is 7.41.